The number of amides is 1. The van der Waals surface area contributed by atoms with E-state index in [1.54, 1.807) is 0 Å². The third-order valence-electron chi connectivity index (χ3n) is 4.95. The van der Waals surface area contributed by atoms with E-state index in [2.05, 4.69) is 29.2 Å². The molecule has 1 fully saturated rings. The summed E-state index contributed by atoms with van der Waals surface area (Å²) in [5.74, 6) is 1.57. The van der Waals surface area contributed by atoms with Crippen molar-refractivity contribution in [1.82, 2.24) is 15.4 Å². The van der Waals surface area contributed by atoms with Crippen molar-refractivity contribution in [2.45, 2.75) is 40.0 Å². The average Bonchev–Trinajstić information content (AvgIpc) is 2.93. The third-order valence-corrected chi connectivity index (χ3v) is 4.95. The summed E-state index contributed by atoms with van der Waals surface area (Å²) in [7, 11) is 0. The van der Waals surface area contributed by atoms with Crippen LogP contribution in [0, 0.1) is 18.8 Å². The first kappa shape index (κ1) is 17.9. The summed E-state index contributed by atoms with van der Waals surface area (Å²) >= 11 is 0. The van der Waals surface area contributed by atoms with Crippen molar-refractivity contribution in [2.75, 3.05) is 26.2 Å². The lowest BCUT2D eigenvalue weighted by molar-refractivity contribution is -0.120. The molecule has 5 nitrogen and oxygen atoms in total. The number of aryl methyl sites for hydroxylation is 1. The predicted octanol–water partition coefficient (Wildman–Crippen LogP) is 3.16. The van der Waals surface area contributed by atoms with E-state index in [9.17, 15) is 4.79 Å². The summed E-state index contributed by atoms with van der Waals surface area (Å²) in [6, 6.07) is 5.91. The highest BCUT2D eigenvalue weighted by Gasteiger charge is 2.21. The highest BCUT2D eigenvalue weighted by atomic mass is 16.5. The third kappa shape index (κ3) is 4.82. The second-order valence-electron chi connectivity index (χ2n) is 7.71. The maximum atomic E-state index is 12.2. The van der Waals surface area contributed by atoms with Crippen molar-refractivity contribution >= 4 is 16.9 Å². The van der Waals surface area contributed by atoms with Crippen molar-refractivity contribution in [2.24, 2.45) is 11.8 Å². The van der Waals surface area contributed by atoms with Gasteiger partial charge in [0, 0.05) is 25.0 Å². The van der Waals surface area contributed by atoms with Crippen molar-refractivity contribution in [3.8, 4) is 0 Å². The van der Waals surface area contributed by atoms with Crippen molar-refractivity contribution < 1.29 is 9.32 Å². The fourth-order valence-electron chi connectivity index (χ4n) is 3.95. The van der Waals surface area contributed by atoms with Gasteiger partial charge >= 0.3 is 0 Å². The summed E-state index contributed by atoms with van der Waals surface area (Å²) in [4.78, 5) is 14.7. The van der Waals surface area contributed by atoms with Gasteiger partial charge in [0.05, 0.1) is 6.42 Å². The van der Waals surface area contributed by atoms with Gasteiger partial charge in [-0.05, 0) is 50.3 Å². The number of nitrogens with zero attached hydrogens (tertiary/aromatic N) is 2. The van der Waals surface area contributed by atoms with Gasteiger partial charge in [0.25, 0.3) is 0 Å². The van der Waals surface area contributed by atoms with Crippen molar-refractivity contribution in [1.29, 1.82) is 0 Å². The lowest BCUT2D eigenvalue weighted by atomic mass is 9.92. The second-order valence-corrected chi connectivity index (χ2v) is 7.71. The summed E-state index contributed by atoms with van der Waals surface area (Å²) in [5.41, 5.74) is 2.60. The molecule has 3 rings (SSSR count). The molecule has 1 saturated heterocycles. The molecule has 2 unspecified atom stereocenters. The lowest BCUT2D eigenvalue weighted by Crippen LogP contribution is -2.40. The smallest absolute Gasteiger partial charge is 0.226 e. The molecular formula is C20H29N3O2. The van der Waals surface area contributed by atoms with Crippen LogP contribution in [0.1, 0.15) is 37.9 Å². The molecule has 1 aromatic heterocycles. The normalized spacial score (nSPS) is 21.6. The number of rotatable bonds is 6. The molecule has 1 aliphatic heterocycles. The highest BCUT2D eigenvalue weighted by molar-refractivity contribution is 5.86. The Labute approximate surface area is 149 Å². The van der Waals surface area contributed by atoms with Gasteiger partial charge in [-0.2, -0.15) is 0 Å². The lowest BCUT2D eigenvalue weighted by Gasteiger charge is -2.34. The number of hydrogen-bond donors (Lipinski definition) is 1. The second kappa shape index (κ2) is 8.00. The van der Waals surface area contributed by atoms with Gasteiger partial charge in [0.1, 0.15) is 5.69 Å². The number of benzene rings is 1. The quantitative estimate of drug-likeness (QED) is 0.819. The van der Waals surface area contributed by atoms with Gasteiger partial charge in [-0.15, -0.1) is 0 Å². The Morgan fingerprint density at radius 3 is 2.84 bits per heavy atom. The molecule has 1 aromatic carbocycles. The van der Waals surface area contributed by atoms with Crippen LogP contribution in [0.4, 0.5) is 0 Å². The van der Waals surface area contributed by atoms with Crippen LogP contribution in [0.25, 0.3) is 11.0 Å². The first-order chi connectivity index (χ1) is 12.0. The number of nitrogens with one attached hydrogen (secondary N) is 1. The van der Waals surface area contributed by atoms with E-state index < -0.39 is 0 Å². The Morgan fingerprint density at radius 1 is 1.32 bits per heavy atom. The van der Waals surface area contributed by atoms with Gasteiger partial charge in [0.15, 0.2) is 5.58 Å². The fourth-order valence-corrected chi connectivity index (χ4v) is 3.95. The van der Waals surface area contributed by atoms with Gasteiger partial charge in [0.2, 0.25) is 5.91 Å². The predicted molar refractivity (Wildman–Crippen MR) is 99.5 cm³/mol. The van der Waals surface area contributed by atoms with E-state index in [-0.39, 0.29) is 12.3 Å². The van der Waals surface area contributed by atoms with Gasteiger partial charge in [-0.25, -0.2) is 0 Å². The average molecular weight is 343 g/mol. The molecule has 0 bridgehead atoms. The molecule has 2 atom stereocenters. The molecule has 136 valence electrons. The number of fused-ring (bicyclic) bond motifs is 1. The van der Waals surface area contributed by atoms with Crippen LogP contribution in [0.5, 0.6) is 0 Å². The SMILES string of the molecule is Cc1ccc2onc(CC(=O)NCCCN3CC(C)CC(C)C3)c2c1. The van der Waals surface area contributed by atoms with Crippen LogP contribution in [0.2, 0.25) is 0 Å². The molecule has 1 amide bonds. The van der Waals surface area contributed by atoms with Crippen LogP contribution in [0.3, 0.4) is 0 Å². The van der Waals surface area contributed by atoms with Gasteiger partial charge in [-0.1, -0.05) is 30.6 Å². The molecule has 0 spiro atoms. The summed E-state index contributed by atoms with van der Waals surface area (Å²) in [5, 5.41) is 8.00. The molecule has 2 heterocycles. The molecule has 0 radical (unpaired) electrons. The molecule has 0 aliphatic carbocycles. The van der Waals surface area contributed by atoms with E-state index in [0.717, 1.165) is 47.0 Å². The molecular weight excluding hydrogens is 314 g/mol. The first-order valence-corrected chi connectivity index (χ1v) is 9.35. The molecule has 2 aromatic rings. The van der Waals surface area contributed by atoms with E-state index >= 15 is 0 Å². The van der Waals surface area contributed by atoms with Gasteiger partial charge < -0.3 is 14.7 Å². The van der Waals surface area contributed by atoms with Crippen LogP contribution in [-0.4, -0.2) is 42.1 Å². The fraction of sp³-hybridized carbons (Fsp3) is 0.600. The van der Waals surface area contributed by atoms with Crippen LogP contribution in [0.15, 0.2) is 22.7 Å². The molecule has 1 aliphatic rings. The summed E-state index contributed by atoms with van der Waals surface area (Å²) in [6.45, 7) is 10.8. The Balaban J connectivity index is 1.43. The van der Waals surface area contributed by atoms with Crippen LogP contribution >= 0.6 is 0 Å². The Bertz CT molecular complexity index is 715. The van der Waals surface area contributed by atoms with Gasteiger partial charge in [-0.3, -0.25) is 4.79 Å². The van der Waals surface area contributed by atoms with E-state index in [4.69, 9.17) is 4.52 Å². The number of aromatic nitrogens is 1. The number of likely N-dealkylation sites (tertiary alicyclic amines) is 1. The number of piperidine rings is 1. The molecule has 1 N–H and O–H groups in total. The number of carbonyl (C=O) groups excluding carboxylic acids is 1. The van der Waals surface area contributed by atoms with E-state index in [0.29, 0.717) is 6.54 Å². The van der Waals surface area contributed by atoms with Crippen molar-refractivity contribution in [3.05, 3.63) is 29.5 Å². The summed E-state index contributed by atoms with van der Waals surface area (Å²) in [6.07, 6.45) is 2.59. The van der Waals surface area contributed by atoms with Crippen LogP contribution < -0.4 is 5.32 Å². The minimum atomic E-state index is 0.0112. The maximum Gasteiger partial charge on any atom is 0.226 e. The molecule has 25 heavy (non-hydrogen) atoms. The first-order valence-electron chi connectivity index (χ1n) is 9.35. The maximum absolute atomic E-state index is 12.2. The van der Waals surface area contributed by atoms with Crippen molar-refractivity contribution in [3.63, 3.8) is 0 Å². The number of carbonyl (C=O) groups is 1. The zero-order valence-corrected chi connectivity index (χ0v) is 15.5. The Morgan fingerprint density at radius 2 is 2.08 bits per heavy atom. The topological polar surface area (TPSA) is 58.4 Å². The minimum absolute atomic E-state index is 0.0112. The zero-order valence-electron chi connectivity index (χ0n) is 15.5. The highest BCUT2D eigenvalue weighted by Crippen LogP contribution is 2.21. The standard InChI is InChI=1S/C20H29N3O2/c1-14-5-6-19-17(10-14)18(22-25-19)11-20(24)21-7-4-8-23-12-15(2)9-16(3)13-23/h5-6,10,15-16H,4,7-9,11-13H2,1-3H3,(H,21,24). The summed E-state index contributed by atoms with van der Waals surface area (Å²) < 4.78 is 5.29. The Hall–Kier alpha value is -1.88. The minimum Gasteiger partial charge on any atom is -0.356 e. The number of hydrogen-bond acceptors (Lipinski definition) is 4. The molecule has 0 saturated carbocycles. The van der Waals surface area contributed by atoms with Crippen LogP contribution in [-0.2, 0) is 11.2 Å². The largest absolute Gasteiger partial charge is 0.356 e. The Kier molecular flexibility index (Phi) is 5.74. The van der Waals surface area contributed by atoms with E-state index in [1.165, 1.54) is 19.5 Å². The molecule has 5 heteroatoms. The zero-order chi connectivity index (χ0) is 17.8. The van der Waals surface area contributed by atoms with E-state index in [1.807, 2.05) is 25.1 Å². The monoisotopic (exact) mass is 343 g/mol.